The summed E-state index contributed by atoms with van der Waals surface area (Å²) in [6.07, 6.45) is 24.4. The van der Waals surface area contributed by atoms with Crippen LogP contribution in [0.15, 0.2) is 0 Å². The van der Waals surface area contributed by atoms with Crippen molar-refractivity contribution in [2.24, 2.45) is 16.2 Å². The fourth-order valence-electron chi connectivity index (χ4n) is 4.31. The summed E-state index contributed by atoms with van der Waals surface area (Å²) in [7, 11) is 0. The quantitative estimate of drug-likeness (QED) is 0.0729. The van der Waals surface area contributed by atoms with Gasteiger partial charge in [0, 0.05) is 12.8 Å². The van der Waals surface area contributed by atoms with Gasteiger partial charge in [-0.15, -0.1) is 0 Å². The number of hydrogen-bond donors (Lipinski definition) is 2. The van der Waals surface area contributed by atoms with Gasteiger partial charge >= 0.3 is 35.7 Å². The molecular weight excluding hydrogens is 576 g/mol. The molecule has 0 amide bonds. The summed E-state index contributed by atoms with van der Waals surface area (Å²) in [4.78, 5) is 30.3. The molecule has 0 aromatic rings. The Bertz CT molecular complexity index is 591. The molecule has 0 radical (unpaired) electrons. The van der Waals surface area contributed by atoms with Crippen LogP contribution in [0.25, 0.3) is 0 Å². The molecule has 0 aromatic heterocycles. The van der Waals surface area contributed by atoms with E-state index < -0.39 is 11.9 Å². The van der Waals surface area contributed by atoms with Crippen molar-refractivity contribution in [2.45, 2.75) is 197 Å². The summed E-state index contributed by atoms with van der Waals surface area (Å²) in [5.74, 6) is -1.33. The first kappa shape index (κ1) is 49.0. The van der Waals surface area contributed by atoms with Crippen molar-refractivity contribution in [3.63, 3.8) is 0 Å². The van der Waals surface area contributed by atoms with Crippen molar-refractivity contribution >= 4 is 18.2 Å². The van der Waals surface area contributed by atoms with E-state index in [9.17, 15) is 14.4 Å². The molecule has 6 nitrogen and oxygen atoms in total. The third-order valence-electron chi connectivity index (χ3n) is 6.84. The van der Waals surface area contributed by atoms with Crippen LogP contribution in [-0.2, 0) is 38.1 Å². The molecule has 0 saturated heterocycles. The second-order valence-corrected chi connectivity index (χ2v) is 15.4. The van der Waals surface area contributed by atoms with Crippen LogP contribution in [-0.4, -0.2) is 28.4 Å². The average Bonchev–Trinajstić information content (AvgIpc) is 2.87. The van der Waals surface area contributed by atoms with E-state index in [0.29, 0.717) is 35.5 Å². The molecule has 255 valence electrons. The van der Waals surface area contributed by atoms with Gasteiger partial charge < -0.3 is 15.0 Å². The number of carboxylic acids is 2. The molecule has 0 atom stereocenters. The van der Waals surface area contributed by atoms with Crippen LogP contribution >= 0.6 is 0 Å². The van der Waals surface area contributed by atoms with Crippen LogP contribution in [0.4, 0.5) is 0 Å². The van der Waals surface area contributed by atoms with Crippen LogP contribution in [0.5, 0.6) is 0 Å². The van der Waals surface area contributed by atoms with Gasteiger partial charge in [-0.3, -0.25) is 15.9 Å². The van der Waals surface area contributed by atoms with Gasteiger partial charge in [0.05, 0.1) is 0 Å². The van der Waals surface area contributed by atoms with Gasteiger partial charge in [0.25, 0.3) is 0 Å². The molecule has 2 N–H and O–H groups in total. The maximum absolute atomic E-state index is 10.2. The van der Waals surface area contributed by atoms with Crippen molar-refractivity contribution < 1.29 is 48.3 Å². The molecule has 0 rings (SSSR count). The Morgan fingerprint density at radius 3 is 0.930 bits per heavy atom. The van der Waals surface area contributed by atoms with E-state index in [2.05, 4.69) is 62.3 Å². The number of aliphatic carboxylic acids is 2. The van der Waals surface area contributed by atoms with Crippen LogP contribution in [0.2, 0.25) is 0 Å². The fraction of sp³-hybridized carbons (Fsp3) is 0.917. The summed E-state index contributed by atoms with van der Waals surface area (Å²) in [6, 6.07) is 0. The molecule has 0 fully saturated rings. The molecule has 0 spiro atoms. The zero-order valence-corrected chi connectivity index (χ0v) is 31.4. The van der Waals surface area contributed by atoms with E-state index in [-0.39, 0.29) is 0 Å². The first-order valence-electron chi connectivity index (χ1n) is 16.9. The summed E-state index contributed by atoms with van der Waals surface area (Å²) < 4.78 is 8.25. The minimum absolute atomic E-state index is 0.333. The van der Waals surface area contributed by atoms with Gasteiger partial charge in [0.2, 0.25) is 0 Å². The van der Waals surface area contributed by atoms with Gasteiger partial charge in [0.15, 0.2) is 0 Å². The Morgan fingerprint density at radius 2 is 0.698 bits per heavy atom. The Kier molecular flexibility index (Phi) is 37.1. The molecule has 0 unspecified atom stereocenters. The summed E-state index contributed by atoms with van der Waals surface area (Å²) >= 11 is 0.750. The monoisotopic (exact) mass is 647 g/mol. The van der Waals surface area contributed by atoms with Gasteiger partial charge in [-0.1, -0.05) is 146 Å². The first-order chi connectivity index (χ1) is 19.9. The van der Waals surface area contributed by atoms with E-state index in [1.165, 1.54) is 83.5 Å². The topological polar surface area (TPSA) is 109 Å². The molecule has 0 aliphatic heterocycles. The molecule has 0 aliphatic rings. The number of carbonyl (C=O) groups excluding carboxylic acids is 1. The normalized spacial score (nSPS) is 11.2. The van der Waals surface area contributed by atoms with Crippen LogP contribution in [0, 0.1) is 16.2 Å². The number of rotatable bonds is 21. The minimum atomic E-state index is -0.667. The van der Waals surface area contributed by atoms with Crippen molar-refractivity contribution in [3.8, 4) is 0 Å². The number of carbonyl (C=O) groups is 2. The first-order valence-corrected chi connectivity index (χ1v) is 17.5. The molecule has 0 aliphatic carbocycles. The number of carboxylic acid groups (broad SMARTS) is 2. The Hall–Kier alpha value is -0.876. The van der Waals surface area contributed by atoms with Crippen LogP contribution in [0.3, 0.4) is 0 Å². The van der Waals surface area contributed by atoms with Gasteiger partial charge in [-0.05, 0) is 48.3 Å². The Labute approximate surface area is 279 Å². The van der Waals surface area contributed by atoms with E-state index in [0.717, 1.165) is 52.5 Å². The summed E-state index contributed by atoms with van der Waals surface area (Å²) in [6.45, 7) is 20.4. The Morgan fingerprint density at radius 1 is 0.465 bits per heavy atom. The van der Waals surface area contributed by atoms with E-state index in [1.54, 1.807) is 0 Å². The van der Waals surface area contributed by atoms with Gasteiger partial charge in [0.1, 0.15) is 0 Å². The van der Waals surface area contributed by atoms with E-state index in [4.69, 9.17) is 13.5 Å². The predicted molar refractivity (Wildman–Crippen MR) is 177 cm³/mol. The van der Waals surface area contributed by atoms with Crippen molar-refractivity contribution in [3.05, 3.63) is 0 Å². The third-order valence-corrected chi connectivity index (χ3v) is 6.84. The van der Waals surface area contributed by atoms with Crippen molar-refractivity contribution in [2.75, 3.05) is 0 Å². The zero-order valence-electron chi connectivity index (χ0n) is 29.9. The van der Waals surface area contributed by atoms with E-state index in [1.807, 2.05) is 6.29 Å². The molecule has 7 heteroatoms. The molecule has 0 heterocycles. The zero-order chi connectivity index (χ0) is 34.2. The average molecular weight is 648 g/mol. The molecular formula is C36H71O6Ti. The predicted octanol–water partition coefficient (Wildman–Crippen LogP) is 11.4. The van der Waals surface area contributed by atoms with E-state index >= 15 is 0 Å². The van der Waals surface area contributed by atoms with Crippen molar-refractivity contribution in [1.29, 1.82) is 0 Å². The molecule has 0 bridgehead atoms. The molecule has 43 heavy (non-hydrogen) atoms. The SMILES string of the molecule is CC(C)(C)CCCCCCCC(=O)O.CC(C)(C)CCCCCCCC(=O)O.CC(C)(C)CCCCCCC[C-]=O.[O]=[Ti+]. The molecule has 0 saturated carbocycles. The summed E-state index contributed by atoms with van der Waals surface area (Å²) in [5.41, 5.74) is 1.37. The second-order valence-electron chi connectivity index (χ2n) is 15.4. The second kappa shape index (κ2) is 32.5. The van der Waals surface area contributed by atoms with Crippen molar-refractivity contribution in [1.82, 2.24) is 0 Å². The maximum atomic E-state index is 10.2. The molecule has 0 aromatic carbocycles. The standard InChI is InChI=1S/2C12H24O2.C12H23O.O.Ti/c2*1-12(2,3)10-8-6-4-5-7-9-11(13)14;1-12(2,3)10-8-6-4-5-7-9-11-13;;/h2*4-10H2,1-3H3,(H,13,14);4-10H2,1-3H3;;/q;;-1;;+1. The van der Waals surface area contributed by atoms with Gasteiger partial charge in [-0.25, -0.2) is 0 Å². The number of hydrogen-bond acceptors (Lipinski definition) is 4. The number of unbranched alkanes of at least 4 members (excludes halogenated alkanes) is 13. The van der Waals surface area contributed by atoms with Crippen LogP contribution < -0.4 is 0 Å². The van der Waals surface area contributed by atoms with Gasteiger partial charge in [-0.2, -0.15) is 6.42 Å². The Balaban J connectivity index is -0.000000258. The fourth-order valence-corrected chi connectivity index (χ4v) is 4.31. The van der Waals surface area contributed by atoms with Crippen LogP contribution in [0.1, 0.15) is 197 Å². The third kappa shape index (κ3) is 65.0. The summed E-state index contributed by atoms with van der Waals surface area (Å²) in [5, 5.41) is 16.8.